The van der Waals surface area contributed by atoms with Gasteiger partial charge in [0.1, 0.15) is 5.78 Å². The summed E-state index contributed by atoms with van der Waals surface area (Å²) in [6, 6.07) is 10.4. The van der Waals surface area contributed by atoms with Crippen molar-refractivity contribution in [1.82, 2.24) is 4.90 Å². The Labute approximate surface area is 155 Å². The first-order valence-electron chi connectivity index (χ1n) is 8.57. The molecule has 1 aliphatic heterocycles. The van der Waals surface area contributed by atoms with Gasteiger partial charge in [-0.2, -0.15) is 0 Å². The standard InChI is InChI=1S/C20H20BrNO3/c1-12(2)25-19(24)22-10-20(11-22)9-15-7-16-13(4-3-5-17(16)21)6-14(15)8-18(20)23/h3-7,12H,8-11H2,1-2H3. The van der Waals surface area contributed by atoms with Crippen LogP contribution < -0.4 is 0 Å². The van der Waals surface area contributed by atoms with Crippen molar-refractivity contribution >= 4 is 38.6 Å². The molecule has 0 atom stereocenters. The number of likely N-dealkylation sites (tertiary alicyclic amines) is 1. The molecular weight excluding hydrogens is 382 g/mol. The fraction of sp³-hybridized carbons (Fsp3) is 0.400. The molecule has 1 amide bonds. The fourth-order valence-electron chi connectivity index (χ4n) is 3.91. The molecule has 130 valence electrons. The van der Waals surface area contributed by atoms with Crippen molar-refractivity contribution in [2.45, 2.75) is 32.8 Å². The van der Waals surface area contributed by atoms with Crippen LogP contribution in [0, 0.1) is 5.41 Å². The van der Waals surface area contributed by atoms with Crippen molar-refractivity contribution < 1.29 is 14.3 Å². The molecule has 0 unspecified atom stereocenters. The molecule has 25 heavy (non-hydrogen) atoms. The van der Waals surface area contributed by atoms with E-state index in [2.05, 4.69) is 34.1 Å². The number of halogens is 1. The first-order valence-corrected chi connectivity index (χ1v) is 9.36. The molecule has 0 N–H and O–H groups in total. The Kier molecular flexibility index (Phi) is 3.87. The smallest absolute Gasteiger partial charge is 0.410 e. The van der Waals surface area contributed by atoms with Gasteiger partial charge in [0.05, 0.1) is 11.5 Å². The Hall–Kier alpha value is -1.88. The molecule has 1 saturated heterocycles. The second kappa shape index (κ2) is 5.84. The normalized spacial score (nSPS) is 18.4. The molecule has 5 heteroatoms. The number of Topliss-reactive ketones (excluding diaryl/α,β-unsaturated/α-hetero) is 1. The molecule has 2 aliphatic rings. The number of hydrogen-bond donors (Lipinski definition) is 0. The summed E-state index contributed by atoms with van der Waals surface area (Å²) in [7, 11) is 0. The van der Waals surface area contributed by atoms with Crippen LogP contribution in [-0.2, 0) is 22.4 Å². The first-order chi connectivity index (χ1) is 11.9. The van der Waals surface area contributed by atoms with Gasteiger partial charge < -0.3 is 9.64 Å². The van der Waals surface area contributed by atoms with Crippen LogP contribution in [0.4, 0.5) is 4.79 Å². The van der Waals surface area contributed by atoms with Crippen LogP contribution in [0.3, 0.4) is 0 Å². The average molecular weight is 402 g/mol. The largest absolute Gasteiger partial charge is 0.447 e. The summed E-state index contributed by atoms with van der Waals surface area (Å²) in [5.41, 5.74) is 1.90. The number of rotatable bonds is 1. The maximum Gasteiger partial charge on any atom is 0.410 e. The van der Waals surface area contributed by atoms with E-state index in [1.54, 1.807) is 4.90 Å². The van der Waals surface area contributed by atoms with Crippen LogP contribution in [0.5, 0.6) is 0 Å². The van der Waals surface area contributed by atoms with Crippen LogP contribution in [0.15, 0.2) is 34.8 Å². The van der Waals surface area contributed by atoms with Gasteiger partial charge in [-0.1, -0.05) is 34.1 Å². The third-order valence-electron chi connectivity index (χ3n) is 5.20. The maximum atomic E-state index is 12.8. The molecule has 0 saturated carbocycles. The maximum absolute atomic E-state index is 12.8. The predicted octanol–water partition coefficient (Wildman–Crippen LogP) is 4.12. The van der Waals surface area contributed by atoms with Crippen LogP contribution in [0.25, 0.3) is 10.8 Å². The summed E-state index contributed by atoms with van der Waals surface area (Å²) in [6.07, 6.45) is 0.686. The van der Waals surface area contributed by atoms with Crippen molar-refractivity contribution in [3.8, 4) is 0 Å². The van der Waals surface area contributed by atoms with Gasteiger partial charge in [-0.3, -0.25) is 4.79 Å². The number of carbonyl (C=O) groups excluding carboxylic acids is 2. The van der Waals surface area contributed by atoms with E-state index < -0.39 is 5.41 Å². The lowest BCUT2D eigenvalue weighted by Gasteiger charge is -2.50. The van der Waals surface area contributed by atoms with Gasteiger partial charge in [-0.15, -0.1) is 0 Å². The second-order valence-electron chi connectivity index (χ2n) is 7.43. The van der Waals surface area contributed by atoms with Crippen LogP contribution in [-0.4, -0.2) is 36.0 Å². The van der Waals surface area contributed by atoms with Crippen molar-refractivity contribution in [1.29, 1.82) is 0 Å². The highest BCUT2D eigenvalue weighted by molar-refractivity contribution is 9.10. The lowest BCUT2D eigenvalue weighted by Crippen LogP contribution is -2.64. The van der Waals surface area contributed by atoms with E-state index in [0.29, 0.717) is 25.9 Å². The molecule has 1 fully saturated rings. The van der Waals surface area contributed by atoms with E-state index in [-0.39, 0.29) is 18.0 Å². The van der Waals surface area contributed by atoms with E-state index in [1.807, 2.05) is 26.0 Å². The number of amides is 1. The zero-order valence-corrected chi connectivity index (χ0v) is 15.9. The highest BCUT2D eigenvalue weighted by Gasteiger charge is 2.52. The molecule has 4 rings (SSSR count). The highest BCUT2D eigenvalue weighted by atomic mass is 79.9. The molecule has 0 aromatic heterocycles. The summed E-state index contributed by atoms with van der Waals surface area (Å²) in [4.78, 5) is 26.4. The Morgan fingerprint density at radius 3 is 2.72 bits per heavy atom. The lowest BCUT2D eigenvalue weighted by molar-refractivity contribution is -0.138. The van der Waals surface area contributed by atoms with Gasteiger partial charge in [0.2, 0.25) is 0 Å². The van der Waals surface area contributed by atoms with Gasteiger partial charge >= 0.3 is 6.09 Å². The molecule has 1 spiro atoms. The highest BCUT2D eigenvalue weighted by Crippen LogP contribution is 2.42. The summed E-state index contributed by atoms with van der Waals surface area (Å²) in [5, 5.41) is 2.31. The Bertz CT molecular complexity index is 884. The second-order valence-corrected chi connectivity index (χ2v) is 8.28. The quantitative estimate of drug-likeness (QED) is 0.721. The van der Waals surface area contributed by atoms with E-state index in [1.165, 1.54) is 10.9 Å². The number of fused-ring (bicyclic) bond motifs is 2. The number of nitrogens with zero attached hydrogens (tertiary/aromatic N) is 1. The summed E-state index contributed by atoms with van der Waals surface area (Å²) in [6.45, 7) is 4.59. The van der Waals surface area contributed by atoms with E-state index >= 15 is 0 Å². The van der Waals surface area contributed by atoms with Gasteiger partial charge in [0.15, 0.2) is 0 Å². The van der Waals surface area contributed by atoms with Crippen molar-refractivity contribution in [3.05, 3.63) is 45.9 Å². The minimum Gasteiger partial charge on any atom is -0.447 e. The minimum absolute atomic E-state index is 0.143. The molecule has 2 aromatic rings. The van der Waals surface area contributed by atoms with Crippen LogP contribution >= 0.6 is 15.9 Å². The van der Waals surface area contributed by atoms with Crippen LogP contribution in [0.2, 0.25) is 0 Å². The monoisotopic (exact) mass is 401 g/mol. The third kappa shape index (κ3) is 2.74. The Morgan fingerprint density at radius 1 is 1.24 bits per heavy atom. The van der Waals surface area contributed by atoms with Gasteiger partial charge in [-0.05, 0) is 54.3 Å². The van der Waals surface area contributed by atoms with E-state index in [0.717, 1.165) is 15.4 Å². The van der Waals surface area contributed by atoms with E-state index in [4.69, 9.17) is 4.74 Å². The summed E-state index contributed by atoms with van der Waals surface area (Å²) < 4.78 is 6.30. The third-order valence-corrected chi connectivity index (χ3v) is 5.89. The number of benzene rings is 2. The van der Waals surface area contributed by atoms with E-state index in [9.17, 15) is 9.59 Å². The molecule has 4 nitrogen and oxygen atoms in total. The Balaban J connectivity index is 1.61. The molecule has 0 bridgehead atoms. The molecule has 0 radical (unpaired) electrons. The lowest BCUT2D eigenvalue weighted by atomic mass is 9.65. The van der Waals surface area contributed by atoms with Crippen molar-refractivity contribution in [2.75, 3.05) is 13.1 Å². The Morgan fingerprint density at radius 2 is 2.00 bits per heavy atom. The summed E-state index contributed by atoms with van der Waals surface area (Å²) >= 11 is 3.61. The number of ketones is 1. The minimum atomic E-state index is -0.433. The zero-order valence-electron chi connectivity index (χ0n) is 14.3. The first kappa shape index (κ1) is 16.6. The molecule has 2 aromatic carbocycles. The molecule has 1 heterocycles. The van der Waals surface area contributed by atoms with Gasteiger partial charge in [0.25, 0.3) is 0 Å². The average Bonchev–Trinajstić information content (AvgIpc) is 2.50. The fourth-order valence-corrected chi connectivity index (χ4v) is 4.41. The number of hydrogen-bond acceptors (Lipinski definition) is 3. The number of ether oxygens (including phenoxy) is 1. The predicted molar refractivity (Wildman–Crippen MR) is 99.7 cm³/mol. The zero-order chi connectivity index (χ0) is 17.8. The van der Waals surface area contributed by atoms with Gasteiger partial charge in [0, 0.05) is 24.0 Å². The van der Waals surface area contributed by atoms with Gasteiger partial charge in [-0.25, -0.2) is 4.79 Å². The topological polar surface area (TPSA) is 46.6 Å². The van der Waals surface area contributed by atoms with Crippen LogP contribution in [0.1, 0.15) is 25.0 Å². The number of carbonyl (C=O) groups is 2. The molecular formula is C20H20BrNO3. The van der Waals surface area contributed by atoms with Crippen molar-refractivity contribution in [3.63, 3.8) is 0 Å². The van der Waals surface area contributed by atoms with Crippen molar-refractivity contribution in [2.24, 2.45) is 5.41 Å². The molecule has 1 aliphatic carbocycles. The SMILES string of the molecule is CC(C)OC(=O)N1CC2(Cc3cc4c(Br)cccc4cc3CC2=O)C1. The summed E-state index contributed by atoms with van der Waals surface area (Å²) in [5.74, 6) is 0.239.